The molecular formula is C19H17N5. The first kappa shape index (κ1) is 13.4. The topological polar surface area (TPSA) is 49.2 Å². The highest BCUT2D eigenvalue weighted by Crippen LogP contribution is 2.36. The van der Waals surface area contributed by atoms with Gasteiger partial charge < -0.3 is 9.88 Å². The Morgan fingerprint density at radius 2 is 1.92 bits per heavy atom. The first-order valence-corrected chi connectivity index (χ1v) is 8.18. The van der Waals surface area contributed by atoms with Crippen LogP contribution in [0, 0.1) is 0 Å². The molecule has 4 aromatic rings. The number of fused-ring (bicyclic) bond motifs is 2. The zero-order chi connectivity index (χ0) is 15.9. The molecule has 1 N–H and O–H groups in total. The van der Waals surface area contributed by atoms with Gasteiger partial charge in [-0.05, 0) is 30.3 Å². The normalized spacial score (nSPS) is 17.2. The van der Waals surface area contributed by atoms with E-state index in [0.717, 1.165) is 29.9 Å². The quantitative estimate of drug-likeness (QED) is 0.618. The first-order chi connectivity index (χ1) is 11.9. The third kappa shape index (κ3) is 2.01. The molecular weight excluding hydrogens is 298 g/mol. The van der Waals surface area contributed by atoms with Crippen molar-refractivity contribution in [2.24, 2.45) is 0 Å². The fourth-order valence-electron chi connectivity index (χ4n) is 3.57. The van der Waals surface area contributed by atoms with E-state index in [1.54, 1.807) is 6.33 Å². The fraction of sp³-hybridized carbons (Fsp3) is 0.158. The number of H-pyrrole nitrogens is 1. The number of hydrogen-bond acceptors (Lipinski definition) is 3. The molecule has 0 bridgehead atoms. The Hall–Kier alpha value is -3.08. The van der Waals surface area contributed by atoms with Crippen LogP contribution in [-0.4, -0.2) is 26.1 Å². The van der Waals surface area contributed by atoms with Crippen LogP contribution in [0.25, 0.3) is 5.52 Å². The van der Waals surface area contributed by atoms with Crippen molar-refractivity contribution < 1.29 is 0 Å². The molecule has 0 unspecified atom stereocenters. The summed E-state index contributed by atoms with van der Waals surface area (Å²) in [5, 5.41) is 4.81. The standard InChI is InChI=1S/C19H17N5/c1-2-6-14(7-3-1)23-11-9-16-18(21-13-20-16)19(23)17-12-15-8-4-5-10-24(15)22-17/h1-8,10,12-13,19H,9,11H2,(H,20,21)/t19-/m1/s1. The van der Waals surface area contributed by atoms with Gasteiger partial charge in [-0.1, -0.05) is 24.3 Å². The summed E-state index contributed by atoms with van der Waals surface area (Å²) in [6, 6.07) is 18.8. The van der Waals surface area contributed by atoms with Crippen LogP contribution in [0.1, 0.15) is 23.1 Å². The molecule has 118 valence electrons. The summed E-state index contributed by atoms with van der Waals surface area (Å²) >= 11 is 0. The van der Waals surface area contributed by atoms with Crippen molar-refractivity contribution in [3.05, 3.63) is 84.2 Å². The molecule has 0 saturated carbocycles. The second-order valence-corrected chi connectivity index (χ2v) is 6.09. The van der Waals surface area contributed by atoms with Gasteiger partial charge in [-0.3, -0.25) is 0 Å². The molecule has 4 heterocycles. The van der Waals surface area contributed by atoms with Gasteiger partial charge in [0.05, 0.1) is 23.2 Å². The highest BCUT2D eigenvalue weighted by molar-refractivity contribution is 5.56. The van der Waals surface area contributed by atoms with Crippen molar-refractivity contribution in [3.8, 4) is 0 Å². The molecule has 1 aliphatic heterocycles. The molecule has 0 fully saturated rings. The summed E-state index contributed by atoms with van der Waals surface area (Å²) in [5.41, 5.74) is 5.62. The van der Waals surface area contributed by atoms with E-state index in [1.165, 1.54) is 11.4 Å². The van der Waals surface area contributed by atoms with Gasteiger partial charge >= 0.3 is 0 Å². The van der Waals surface area contributed by atoms with Crippen molar-refractivity contribution in [2.75, 3.05) is 11.4 Å². The van der Waals surface area contributed by atoms with Crippen molar-refractivity contribution in [3.63, 3.8) is 0 Å². The first-order valence-electron chi connectivity index (χ1n) is 8.18. The number of nitrogens with zero attached hydrogens (tertiary/aromatic N) is 4. The molecule has 0 aliphatic carbocycles. The van der Waals surface area contributed by atoms with Gasteiger partial charge in [0.25, 0.3) is 0 Å². The van der Waals surface area contributed by atoms with Crippen LogP contribution in [0.2, 0.25) is 0 Å². The Balaban J connectivity index is 1.68. The molecule has 5 rings (SSSR count). The molecule has 0 radical (unpaired) electrons. The predicted molar refractivity (Wildman–Crippen MR) is 93.1 cm³/mol. The maximum absolute atomic E-state index is 4.81. The molecule has 1 aliphatic rings. The van der Waals surface area contributed by atoms with E-state index in [2.05, 4.69) is 51.3 Å². The van der Waals surface area contributed by atoms with Gasteiger partial charge in [-0.2, -0.15) is 5.10 Å². The lowest BCUT2D eigenvalue weighted by Crippen LogP contribution is -2.36. The molecule has 24 heavy (non-hydrogen) atoms. The van der Waals surface area contributed by atoms with E-state index in [0.29, 0.717) is 0 Å². The van der Waals surface area contributed by atoms with Gasteiger partial charge in [0.15, 0.2) is 0 Å². The van der Waals surface area contributed by atoms with E-state index >= 15 is 0 Å². The third-order valence-electron chi connectivity index (χ3n) is 4.68. The summed E-state index contributed by atoms with van der Waals surface area (Å²) in [6.07, 6.45) is 4.75. The Labute approximate surface area is 139 Å². The Kier molecular flexibility index (Phi) is 2.91. The molecule has 1 atom stereocenters. The van der Waals surface area contributed by atoms with Crippen molar-refractivity contribution in [2.45, 2.75) is 12.5 Å². The van der Waals surface area contributed by atoms with E-state index in [-0.39, 0.29) is 6.04 Å². The van der Waals surface area contributed by atoms with Crippen molar-refractivity contribution in [1.29, 1.82) is 0 Å². The number of imidazole rings is 1. The largest absolute Gasteiger partial charge is 0.357 e. The number of hydrogen-bond donors (Lipinski definition) is 1. The van der Waals surface area contributed by atoms with E-state index in [4.69, 9.17) is 5.10 Å². The summed E-state index contributed by atoms with van der Waals surface area (Å²) < 4.78 is 1.93. The zero-order valence-electron chi connectivity index (χ0n) is 13.1. The van der Waals surface area contributed by atoms with Crippen LogP contribution < -0.4 is 4.90 Å². The van der Waals surface area contributed by atoms with Crippen LogP contribution in [0.15, 0.2) is 67.1 Å². The average Bonchev–Trinajstić information content (AvgIpc) is 3.28. The number of benzene rings is 1. The predicted octanol–water partition coefficient (Wildman–Crippen LogP) is 3.21. The highest BCUT2D eigenvalue weighted by atomic mass is 15.3. The number of nitrogens with one attached hydrogen (secondary N) is 1. The molecule has 0 spiro atoms. The molecule has 5 nitrogen and oxygen atoms in total. The number of aromatic amines is 1. The van der Waals surface area contributed by atoms with Gasteiger partial charge in [-0.15, -0.1) is 0 Å². The summed E-state index contributed by atoms with van der Waals surface area (Å²) in [5.74, 6) is 0. The lowest BCUT2D eigenvalue weighted by Gasteiger charge is -2.35. The lowest BCUT2D eigenvalue weighted by atomic mass is 9.99. The minimum Gasteiger partial charge on any atom is -0.357 e. The molecule has 0 saturated heterocycles. The minimum absolute atomic E-state index is 0.0299. The summed E-state index contributed by atoms with van der Waals surface area (Å²) in [6.45, 7) is 0.942. The van der Waals surface area contributed by atoms with E-state index in [9.17, 15) is 0 Å². The number of rotatable bonds is 2. The van der Waals surface area contributed by atoms with Crippen molar-refractivity contribution in [1.82, 2.24) is 19.6 Å². The molecule has 5 heteroatoms. The maximum atomic E-state index is 4.81. The third-order valence-corrected chi connectivity index (χ3v) is 4.68. The number of pyridine rings is 1. The fourth-order valence-corrected chi connectivity index (χ4v) is 3.57. The number of aromatic nitrogens is 4. The van der Waals surface area contributed by atoms with Crippen LogP contribution in [0.4, 0.5) is 5.69 Å². The van der Waals surface area contributed by atoms with Crippen LogP contribution in [0.3, 0.4) is 0 Å². The van der Waals surface area contributed by atoms with Gasteiger partial charge in [0.1, 0.15) is 6.04 Å². The Morgan fingerprint density at radius 3 is 2.79 bits per heavy atom. The maximum Gasteiger partial charge on any atom is 0.117 e. The van der Waals surface area contributed by atoms with Gasteiger partial charge in [0, 0.05) is 30.5 Å². The molecule has 1 aromatic carbocycles. The Morgan fingerprint density at radius 1 is 1.04 bits per heavy atom. The monoisotopic (exact) mass is 315 g/mol. The van der Waals surface area contributed by atoms with Crippen LogP contribution >= 0.6 is 0 Å². The average molecular weight is 315 g/mol. The molecule has 3 aromatic heterocycles. The molecule has 0 amide bonds. The van der Waals surface area contributed by atoms with Crippen LogP contribution in [-0.2, 0) is 6.42 Å². The Bertz CT molecular complexity index is 952. The number of anilines is 1. The smallest absolute Gasteiger partial charge is 0.117 e. The summed E-state index contributed by atoms with van der Waals surface area (Å²) in [4.78, 5) is 10.3. The van der Waals surface area contributed by atoms with Crippen molar-refractivity contribution >= 4 is 11.2 Å². The minimum atomic E-state index is 0.0299. The van der Waals surface area contributed by atoms with E-state index < -0.39 is 0 Å². The van der Waals surface area contributed by atoms with Gasteiger partial charge in [0.2, 0.25) is 0 Å². The van der Waals surface area contributed by atoms with E-state index in [1.807, 2.05) is 28.9 Å². The van der Waals surface area contributed by atoms with Gasteiger partial charge in [-0.25, -0.2) is 9.50 Å². The highest BCUT2D eigenvalue weighted by Gasteiger charge is 2.33. The lowest BCUT2D eigenvalue weighted by molar-refractivity contribution is 0.617. The summed E-state index contributed by atoms with van der Waals surface area (Å²) in [7, 11) is 0. The van der Waals surface area contributed by atoms with Crippen LogP contribution in [0.5, 0.6) is 0 Å². The zero-order valence-corrected chi connectivity index (χ0v) is 13.1. The SMILES string of the molecule is c1ccc(N2CCc3[nH]cnc3[C@H]2c2cc3ccccn3n2)cc1. The number of para-hydroxylation sites is 1. The second-order valence-electron chi connectivity index (χ2n) is 6.09. The second kappa shape index (κ2) is 5.23.